The summed E-state index contributed by atoms with van der Waals surface area (Å²) in [6.07, 6.45) is -1.86. The normalized spacial score (nSPS) is 13.1. The molecule has 5 heteroatoms. The summed E-state index contributed by atoms with van der Waals surface area (Å²) < 4.78 is 30.8. The Kier molecular flexibility index (Phi) is 4.58. The Morgan fingerprint density at radius 1 is 1.40 bits per heavy atom. The summed E-state index contributed by atoms with van der Waals surface area (Å²) in [5.41, 5.74) is 0.0211. The molecule has 0 saturated heterocycles. The molecule has 0 fully saturated rings. The van der Waals surface area contributed by atoms with E-state index in [1.165, 1.54) is 13.8 Å². The topological polar surface area (TPSA) is 43.4 Å². The summed E-state index contributed by atoms with van der Waals surface area (Å²) in [7, 11) is 0. The average molecular weight is 220 g/mol. The molecule has 0 rings (SSSR count). The van der Waals surface area contributed by atoms with Crippen molar-refractivity contribution in [3.63, 3.8) is 0 Å². The molecule has 0 bridgehead atoms. The molecule has 0 saturated carbocycles. The van der Waals surface area contributed by atoms with Crippen molar-refractivity contribution in [2.24, 2.45) is 0 Å². The van der Waals surface area contributed by atoms with Gasteiger partial charge in [-0.15, -0.1) is 0 Å². The van der Waals surface area contributed by atoms with Gasteiger partial charge in [0, 0.05) is 12.5 Å². The number of Topliss-reactive ketones (excluding diaryl/α,β-unsaturated/α-hetero) is 1. The third-order valence-electron chi connectivity index (χ3n) is 1.84. The second kappa shape index (κ2) is 5.00. The maximum atomic E-state index is 13.2. The van der Waals surface area contributed by atoms with Crippen LogP contribution in [0.2, 0.25) is 0 Å². The lowest BCUT2D eigenvalue weighted by Gasteiger charge is -2.23. The maximum absolute atomic E-state index is 13.2. The number of carbonyl (C=O) groups excluding carboxylic acids is 2. The standard InChI is InChI=1S/C10H14F2O3/c1-5-8(10(11,12)7(4)13)15-9(14)6(2)3/h8H,2,5H2,1,3-4H3. The highest BCUT2D eigenvalue weighted by atomic mass is 19.3. The van der Waals surface area contributed by atoms with Gasteiger partial charge in [0.25, 0.3) is 0 Å². The lowest BCUT2D eigenvalue weighted by atomic mass is 10.1. The molecule has 1 unspecified atom stereocenters. The Morgan fingerprint density at radius 3 is 2.13 bits per heavy atom. The molecule has 0 N–H and O–H groups in total. The van der Waals surface area contributed by atoms with Crippen molar-refractivity contribution in [1.82, 2.24) is 0 Å². The molecule has 0 aliphatic rings. The van der Waals surface area contributed by atoms with Crippen LogP contribution in [0.1, 0.15) is 27.2 Å². The van der Waals surface area contributed by atoms with Crippen LogP contribution in [0.4, 0.5) is 8.78 Å². The molecule has 0 aromatic heterocycles. The van der Waals surface area contributed by atoms with Gasteiger partial charge in [-0.25, -0.2) is 4.79 Å². The zero-order valence-corrected chi connectivity index (χ0v) is 8.97. The number of carbonyl (C=O) groups is 2. The Labute approximate surface area is 87.1 Å². The van der Waals surface area contributed by atoms with Gasteiger partial charge in [0.1, 0.15) is 0 Å². The first-order valence-corrected chi connectivity index (χ1v) is 4.48. The van der Waals surface area contributed by atoms with Crippen LogP contribution < -0.4 is 0 Å². The zero-order chi connectivity index (χ0) is 12.2. The van der Waals surface area contributed by atoms with Gasteiger partial charge < -0.3 is 4.74 Å². The van der Waals surface area contributed by atoms with E-state index in [0.29, 0.717) is 0 Å². The predicted molar refractivity (Wildman–Crippen MR) is 50.6 cm³/mol. The molecule has 0 spiro atoms. The first kappa shape index (κ1) is 13.7. The molecule has 15 heavy (non-hydrogen) atoms. The van der Waals surface area contributed by atoms with Gasteiger partial charge in [-0.05, 0) is 13.3 Å². The van der Waals surface area contributed by atoms with Crippen LogP contribution in [0.15, 0.2) is 12.2 Å². The fraction of sp³-hybridized carbons (Fsp3) is 0.600. The van der Waals surface area contributed by atoms with Gasteiger partial charge >= 0.3 is 11.9 Å². The molecule has 0 aliphatic carbocycles. The van der Waals surface area contributed by atoms with E-state index in [2.05, 4.69) is 11.3 Å². The monoisotopic (exact) mass is 220 g/mol. The van der Waals surface area contributed by atoms with Crippen molar-refractivity contribution < 1.29 is 23.1 Å². The minimum absolute atomic E-state index is 0.0211. The van der Waals surface area contributed by atoms with Gasteiger partial charge in [0.2, 0.25) is 5.78 Å². The second-order valence-corrected chi connectivity index (χ2v) is 3.26. The van der Waals surface area contributed by atoms with Crippen molar-refractivity contribution >= 4 is 11.8 Å². The largest absolute Gasteiger partial charge is 0.452 e. The van der Waals surface area contributed by atoms with Crippen molar-refractivity contribution in [1.29, 1.82) is 0 Å². The lowest BCUT2D eigenvalue weighted by Crippen LogP contribution is -2.42. The summed E-state index contributed by atoms with van der Waals surface area (Å²) in [5.74, 6) is -5.87. The van der Waals surface area contributed by atoms with Gasteiger partial charge in [0.05, 0.1) is 0 Å². The first-order valence-electron chi connectivity index (χ1n) is 4.48. The zero-order valence-electron chi connectivity index (χ0n) is 8.97. The molecular formula is C10H14F2O3. The fourth-order valence-electron chi connectivity index (χ4n) is 0.870. The molecule has 0 aromatic rings. The van der Waals surface area contributed by atoms with Crippen molar-refractivity contribution in [3.8, 4) is 0 Å². The highest BCUT2D eigenvalue weighted by molar-refractivity contribution is 5.88. The minimum atomic E-state index is -3.64. The van der Waals surface area contributed by atoms with E-state index in [1.54, 1.807) is 0 Å². The number of esters is 1. The van der Waals surface area contributed by atoms with Crippen LogP contribution in [0.25, 0.3) is 0 Å². The molecule has 3 nitrogen and oxygen atoms in total. The molecule has 0 aromatic carbocycles. The van der Waals surface area contributed by atoms with Crippen molar-refractivity contribution in [3.05, 3.63) is 12.2 Å². The number of ether oxygens (including phenoxy) is 1. The van der Waals surface area contributed by atoms with Crippen LogP contribution >= 0.6 is 0 Å². The van der Waals surface area contributed by atoms with E-state index in [0.717, 1.165) is 6.92 Å². The number of rotatable bonds is 5. The predicted octanol–water partition coefficient (Wildman–Crippen LogP) is 2.11. The Balaban J connectivity index is 4.71. The smallest absolute Gasteiger partial charge is 0.340 e. The molecule has 86 valence electrons. The summed E-state index contributed by atoms with van der Waals surface area (Å²) in [4.78, 5) is 21.7. The lowest BCUT2D eigenvalue weighted by molar-refractivity contribution is -0.176. The summed E-state index contributed by atoms with van der Waals surface area (Å²) >= 11 is 0. The second-order valence-electron chi connectivity index (χ2n) is 3.26. The average Bonchev–Trinajstić information content (AvgIpc) is 2.12. The SMILES string of the molecule is C=C(C)C(=O)OC(CC)C(F)(F)C(C)=O. The van der Waals surface area contributed by atoms with Crippen molar-refractivity contribution in [2.45, 2.75) is 39.2 Å². The Hall–Kier alpha value is -1.26. The number of ketones is 1. The molecular weight excluding hydrogens is 206 g/mol. The van der Waals surface area contributed by atoms with E-state index >= 15 is 0 Å². The maximum Gasteiger partial charge on any atom is 0.340 e. The first-order chi connectivity index (χ1) is 6.73. The van der Waals surface area contributed by atoms with Gasteiger partial charge in [0.15, 0.2) is 6.10 Å². The molecule has 0 radical (unpaired) electrons. The van der Waals surface area contributed by atoms with E-state index in [9.17, 15) is 18.4 Å². The summed E-state index contributed by atoms with van der Waals surface area (Å²) in [6, 6.07) is 0. The highest BCUT2D eigenvalue weighted by Crippen LogP contribution is 2.25. The van der Waals surface area contributed by atoms with E-state index in [4.69, 9.17) is 0 Å². The van der Waals surface area contributed by atoms with Crippen LogP contribution in [-0.2, 0) is 14.3 Å². The van der Waals surface area contributed by atoms with Crippen LogP contribution in [0.3, 0.4) is 0 Å². The molecule has 0 amide bonds. The van der Waals surface area contributed by atoms with Gasteiger partial charge in [-0.1, -0.05) is 13.5 Å². The molecule has 0 aliphatic heterocycles. The van der Waals surface area contributed by atoms with Gasteiger partial charge in [-0.2, -0.15) is 8.78 Å². The van der Waals surface area contributed by atoms with E-state index in [-0.39, 0.29) is 12.0 Å². The number of hydrogen-bond donors (Lipinski definition) is 0. The fourth-order valence-corrected chi connectivity index (χ4v) is 0.870. The Morgan fingerprint density at radius 2 is 1.87 bits per heavy atom. The highest BCUT2D eigenvalue weighted by Gasteiger charge is 2.46. The minimum Gasteiger partial charge on any atom is -0.452 e. The summed E-state index contributed by atoms with van der Waals surface area (Å²) in [6.45, 7) is 6.78. The molecule has 1 atom stereocenters. The van der Waals surface area contributed by atoms with Crippen LogP contribution in [-0.4, -0.2) is 23.8 Å². The number of alkyl halides is 2. The van der Waals surface area contributed by atoms with Crippen LogP contribution in [0, 0.1) is 0 Å². The van der Waals surface area contributed by atoms with Crippen molar-refractivity contribution in [2.75, 3.05) is 0 Å². The summed E-state index contributed by atoms with van der Waals surface area (Å²) in [5, 5.41) is 0. The number of halogens is 2. The van der Waals surface area contributed by atoms with E-state index in [1.807, 2.05) is 0 Å². The molecule has 0 heterocycles. The Bertz CT molecular complexity index is 284. The number of hydrogen-bond acceptors (Lipinski definition) is 3. The third-order valence-corrected chi connectivity index (χ3v) is 1.84. The van der Waals surface area contributed by atoms with Gasteiger partial charge in [-0.3, -0.25) is 4.79 Å². The third kappa shape index (κ3) is 3.42. The quantitative estimate of drug-likeness (QED) is 0.526. The van der Waals surface area contributed by atoms with Crippen LogP contribution in [0.5, 0.6) is 0 Å². The van der Waals surface area contributed by atoms with E-state index < -0.39 is 23.8 Å².